The van der Waals surface area contributed by atoms with Gasteiger partial charge < -0.3 is 4.52 Å². The monoisotopic (exact) mass is 283 g/mol. The minimum atomic E-state index is -0.330. The number of hydrogen-bond acceptors (Lipinski definition) is 5. The van der Waals surface area contributed by atoms with E-state index in [9.17, 15) is 4.79 Å². The van der Waals surface area contributed by atoms with Crippen molar-refractivity contribution >= 4 is 22.4 Å². The topological polar surface area (TPSA) is 68.0 Å². The van der Waals surface area contributed by atoms with Crippen LogP contribution in [0.5, 0.6) is 0 Å². The van der Waals surface area contributed by atoms with Crippen LogP contribution in [0.2, 0.25) is 0 Å². The molecule has 0 saturated carbocycles. The van der Waals surface area contributed by atoms with E-state index in [0.29, 0.717) is 5.13 Å². The number of rotatable bonds is 2. The van der Waals surface area contributed by atoms with Gasteiger partial charge in [0, 0.05) is 22.9 Å². The zero-order valence-corrected chi connectivity index (χ0v) is 11.1. The van der Waals surface area contributed by atoms with Crippen molar-refractivity contribution in [3.63, 3.8) is 0 Å². The molecule has 1 N–H and O–H groups in total. The van der Waals surface area contributed by atoms with Crippen molar-refractivity contribution in [2.75, 3.05) is 5.32 Å². The first-order valence-electron chi connectivity index (χ1n) is 6.11. The summed E-state index contributed by atoms with van der Waals surface area (Å²) < 4.78 is 4.82. The van der Waals surface area contributed by atoms with Crippen molar-refractivity contribution in [2.24, 2.45) is 0 Å². The molecule has 0 spiro atoms. The van der Waals surface area contributed by atoms with Gasteiger partial charge in [-0.15, -0.1) is 11.3 Å². The molecule has 2 aromatic heterocycles. The number of anilines is 1. The van der Waals surface area contributed by atoms with Crippen LogP contribution in [0.25, 0.3) is 11.3 Å². The minimum Gasteiger partial charge on any atom is -0.351 e. The fourth-order valence-electron chi connectivity index (χ4n) is 2.31. The summed E-state index contributed by atoms with van der Waals surface area (Å²) in [6.45, 7) is 0. The number of amides is 1. The molecule has 3 aromatic rings. The summed E-state index contributed by atoms with van der Waals surface area (Å²) in [5, 5.41) is 6.84. The minimum absolute atomic E-state index is 0.181. The second-order valence-corrected chi connectivity index (χ2v) is 5.54. The number of thiazole rings is 1. The van der Waals surface area contributed by atoms with Gasteiger partial charge in [0.25, 0.3) is 5.91 Å². The molecule has 0 atom stereocenters. The van der Waals surface area contributed by atoms with Gasteiger partial charge in [0.15, 0.2) is 5.13 Å². The standard InChI is InChI=1S/C14H9N3O2S/c18-13(10-5-6-15-19-10)17-14-16-12-9-4-2-1-3-8(9)7-11(12)20-14/h1-6H,7H2,(H,16,17,18). The van der Waals surface area contributed by atoms with Gasteiger partial charge in [-0.2, -0.15) is 0 Å². The van der Waals surface area contributed by atoms with Gasteiger partial charge in [-0.05, 0) is 5.56 Å². The second kappa shape index (κ2) is 4.28. The van der Waals surface area contributed by atoms with Crippen LogP contribution in [-0.2, 0) is 6.42 Å². The molecule has 0 unspecified atom stereocenters. The first-order valence-corrected chi connectivity index (χ1v) is 6.93. The number of aromatic nitrogens is 2. The summed E-state index contributed by atoms with van der Waals surface area (Å²) >= 11 is 1.50. The third-order valence-corrected chi connectivity index (χ3v) is 4.17. The lowest BCUT2D eigenvalue weighted by Crippen LogP contribution is -2.10. The zero-order chi connectivity index (χ0) is 13.5. The summed E-state index contributed by atoms with van der Waals surface area (Å²) in [7, 11) is 0. The number of carbonyl (C=O) groups is 1. The third kappa shape index (κ3) is 1.73. The number of carbonyl (C=O) groups excluding carboxylic acids is 1. The zero-order valence-electron chi connectivity index (χ0n) is 10.3. The summed E-state index contributed by atoms with van der Waals surface area (Å²) in [6.07, 6.45) is 2.31. The maximum absolute atomic E-state index is 11.9. The molecule has 5 nitrogen and oxygen atoms in total. The Morgan fingerprint density at radius 1 is 1.30 bits per heavy atom. The quantitative estimate of drug-likeness (QED) is 0.614. The summed E-state index contributed by atoms with van der Waals surface area (Å²) in [4.78, 5) is 17.6. The molecule has 0 radical (unpaired) electrons. The first kappa shape index (κ1) is 11.4. The van der Waals surface area contributed by atoms with Crippen molar-refractivity contribution in [3.05, 3.63) is 52.7 Å². The van der Waals surface area contributed by atoms with Gasteiger partial charge in [-0.3, -0.25) is 10.1 Å². The Kier molecular flexibility index (Phi) is 2.43. The molecule has 0 saturated heterocycles. The van der Waals surface area contributed by atoms with E-state index in [1.807, 2.05) is 12.1 Å². The van der Waals surface area contributed by atoms with E-state index < -0.39 is 0 Å². The molecule has 1 aliphatic carbocycles. The fourth-order valence-corrected chi connectivity index (χ4v) is 3.30. The molecule has 20 heavy (non-hydrogen) atoms. The molecule has 1 aromatic carbocycles. The van der Waals surface area contributed by atoms with Crippen molar-refractivity contribution in [1.29, 1.82) is 0 Å². The Morgan fingerprint density at radius 3 is 3.05 bits per heavy atom. The Labute approximate surface area is 118 Å². The normalized spacial score (nSPS) is 12.0. The lowest BCUT2D eigenvalue weighted by atomic mass is 10.1. The average molecular weight is 283 g/mol. The van der Waals surface area contributed by atoms with E-state index in [0.717, 1.165) is 17.7 Å². The predicted octanol–water partition coefficient (Wildman–Crippen LogP) is 2.95. The summed E-state index contributed by atoms with van der Waals surface area (Å²) in [6, 6.07) is 9.72. The van der Waals surface area contributed by atoms with Crippen molar-refractivity contribution in [1.82, 2.24) is 10.1 Å². The molecule has 4 rings (SSSR count). The molecule has 2 heterocycles. The van der Waals surface area contributed by atoms with Crippen LogP contribution in [0.15, 0.2) is 41.1 Å². The van der Waals surface area contributed by atoms with Gasteiger partial charge in [0.1, 0.15) is 0 Å². The maximum atomic E-state index is 11.9. The lowest BCUT2D eigenvalue weighted by Gasteiger charge is -1.99. The van der Waals surface area contributed by atoms with E-state index in [2.05, 4.69) is 27.6 Å². The SMILES string of the molecule is O=C(Nc1nc2c(s1)Cc1ccccc1-2)c1ccno1. The van der Waals surface area contributed by atoms with Crippen LogP contribution in [0.1, 0.15) is 21.0 Å². The molecular formula is C14H9N3O2S. The number of hydrogen-bond donors (Lipinski definition) is 1. The van der Waals surface area contributed by atoms with Crippen LogP contribution in [0, 0.1) is 0 Å². The number of nitrogens with one attached hydrogen (secondary N) is 1. The van der Waals surface area contributed by atoms with Gasteiger partial charge in [0.2, 0.25) is 5.76 Å². The average Bonchev–Trinajstić information content (AvgIpc) is 3.13. The van der Waals surface area contributed by atoms with Crippen LogP contribution in [0.3, 0.4) is 0 Å². The van der Waals surface area contributed by atoms with E-state index in [-0.39, 0.29) is 11.7 Å². The number of nitrogens with zero attached hydrogens (tertiary/aromatic N) is 2. The largest absolute Gasteiger partial charge is 0.351 e. The predicted molar refractivity (Wildman–Crippen MR) is 74.8 cm³/mol. The fraction of sp³-hybridized carbons (Fsp3) is 0.0714. The number of fused-ring (bicyclic) bond motifs is 3. The molecule has 6 heteroatoms. The highest BCUT2D eigenvalue weighted by molar-refractivity contribution is 7.16. The highest BCUT2D eigenvalue weighted by Gasteiger charge is 2.23. The van der Waals surface area contributed by atoms with Crippen LogP contribution < -0.4 is 5.32 Å². The van der Waals surface area contributed by atoms with E-state index in [1.165, 1.54) is 34.0 Å². The van der Waals surface area contributed by atoms with Gasteiger partial charge in [-0.25, -0.2) is 4.98 Å². The molecule has 1 amide bonds. The second-order valence-electron chi connectivity index (χ2n) is 4.46. The molecule has 0 fully saturated rings. The van der Waals surface area contributed by atoms with Gasteiger partial charge >= 0.3 is 0 Å². The highest BCUT2D eigenvalue weighted by atomic mass is 32.1. The first-order chi connectivity index (χ1) is 9.81. The Balaban J connectivity index is 1.63. The smallest absolute Gasteiger partial charge is 0.296 e. The maximum Gasteiger partial charge on any atom is 0.296 e. The Morgan fingerprint density at radius 2 is 2.20 bits per heavy atom. The Hall–Kier alpha value is -2.47. The Bertz CT molecular complexity index is 793. The van der Waals surface area contributed by atoms with Crippen molar-refractivity contribution < 1.29 is 9.32 Å². The third-order valence-electron chi connectivity index (χ3n) is 3.20. The van der Waals surface area contributed by atoms with Crippen molar-refractivity contribution in [3.8, 4) is 11.3 Å². The summed E-state index contributed by atoms with van der Waals surface area (Å²) in [5.74, 6) is -0.149. The van der Waals surface area contributed by atoms with Crippen molar-refractivity contribution in [2.45, 2.75) is 6.42 Å². The molecule has 98 valence electrons. The lowest BCUT2D eigenvalue weighted by molar-refractivity contribution is 0.0988. The summed E-state index contributed by atoms with van der Waals surface area (Å²) in [5.41, 5.74) is 3.41. The van der Waals surface area contributed by atoms with Crippen LogP contribution >= 0.6 is 11.3 Å². The number of benzene rings is 1. The molecular weight excluding hydrogens is 274 g/mol. The van der Waals surface area contributed by atoms with Crippen LogP contribution in [0.4, 0.5) is 5.13 Å². The molecule has 0 bridgehead atoms. The van der Waals surface area contributed by atoms with Gasteiger partial charge in [0.05, 0.1) is 11.9 Å². The molecule has 0 aliphatic heterocycles. The highest BCUT2D eigenvalue weighted by Crippen LogP contribution is 2.40. The van der Waals surface area contributed by atoms with Gasteiger partial charge in [-0.1, -0.05) is 29.4 Å². The van der Waals surface area contributed by atoms with E-state index in [4.69, 9.17) is 4.52 Å². The van der Waals surface area contributed by atoms with Crippen LogP contribution in [-0.4, -0.2) is 16.0 Å². The van der Waals surface area contributed by atoms with E-state index in [1.54, 1.807) is 0 Å². The molecule has 1 aliphatic rings. The van der Waals surface area contributed by atoms with E-state index >= 15 is 0 Å².